The first-order chi connectivity index (χ1) is 32.2. The molecular formula is C62H40N2O. The number of furan rings is 1. The predicted octanol–water partition coefficient (Wildman–Crippen LogP) is 16.5. The maximum Gasteiger partial charge on any atom is 0.144 e. The number of hydrogen-bond acceptors (Lipinski definition) is 3. The summed E-state index contributed by atoms with van der Waals surface area (Å²) in [7, 11) is 0. The summed E-state index contributed by atoms with van der Waals surface area (Å²) in [5, 5.41) is 5.46. The van der Waals surface area contributed by atoms with Crippen molar-refractivity contribution in [3.8, 4) is 33.5 Å². The van der Waals surface area contributed by atoms with Crippen LogP contribution in [0.15, 0.2) is 247 Å². The van der Waals surface area contributed by atoms with Crippen LogP contribution in [0.1, 0.15) is 22.3 Å². The van der Waals surface area contributed by atoms with Crippen molar-refractivity contribution in [2.24, 2.45) is 0 Å². The Bertz CT molecular complexity index is 3710. The van der Waals surface area contributed by atoms with Gasteiger partial charge in [-0.15, -0.1) is 0 Å². The largest absolute Gasteiger partial charge is 0.455 e. The van der Waals surface area contributed by atoms with Crippen LogP contribution in [0.25, 0.3) is 77.1 Å². The first kappa shape index (κ1) is 37.1. The van der Waals surface area contributed by atoms with E-state index in [1.807, 2.05) is 12.1 Å². The maximum absolute atomic E-state index is 6.64. The van der Waals surface area contributed by atoms with Crippen LogP contribution in [0.4, 0.5) is 17.1 Å². The molecule has 0 unspecified atom stereocenters. The highest BCUT2D eigenvalue weighted by Crippen LogP contribution is 2.57. The number of aromatic nitrogens is 1. The SMILES string of the molecule is c1ccc(-c2ccc(N(c3ccc(-c4nc5ccccc5c5c4ccc4c6ccccc6oc45)cc3)c3ccc4c(c3)C(c3ccccc3)(c3ccccc3)c3ccccc3-4)cc2)cc1. The van der Waals surface area contributed by atoms with E-state index in [0.29, 0.717) is 0 Å². The van der Waals surface area contributed by atoms with Crippen molar-refractivity contribution < 1.29 is 4.42 Å². The van der Waals surface area contributed by atoms with Gasteiger partial charge in [0.15, 0.2) is 0 Å². The Morgan fingerprint density at radius 2 is 0.908 bits per heavy atom. The van der Waals surface area contributed by atoms with Gasteiger partial charge in [-0.3, -0.25) is 0 Å². The molecule has 3 heteroatoms. The van der Waals surface area contributed by atoms with Crippen LogP contribution < -0.4 is 4.90 Å². The Morgan fingerprint density at radius 3 is 1.63 bits per heavy atom. The minimum atomic E-state index is -0.523. The molecule has 0 saturated carbocycles. The summed E-state index contributed by atoms with van der Waals surface area (Å²) >= 11 is 0. The number of rotatable bonds is 7. The van der Waals surface area contributed by atoms with Gasteiger partial charge in [0.25, 0.3) is 0 Å². The third-order valence-electron chi connectivity index (χ3n) is 13.5. The van der Waals surface area contributed by atoms with E-state index in [-0.39, 0.29) is 0 Å². The first-order valence-corrected chi connectivity index (χ1v) is 22.3. The van der Waals surface area contributed by atoms with Crippen LogP contribution >= 0.6 is 0 Å². The monoisotopic (exact) mass is 828 g/mol. The number of para-hydroxylation sites is 2. The number of fused-ring (bicyclic) bond motifs is 10. The maximum atomic E-state index is 6.64. The number of benzene rings is 10. The second-order valence-electron chi connectivity index (χ2n) is 17.0. The highest BCUT2D eigenvalue weighted by molar-refractivity contribution is 6.24. The number of nitrogens with zero attached hydrogens (tertiary/aromatic N) is 2. The van der Waals surface area contributed by atoms with Crippen molar-refractivity contribution in [2.45, 2.75) is 5.41 Å². The Kier molecular flexibility index (Phi) is 8.44. The predicted molar refractivity (Wildman–Crippen MR) is 269 cm³/mol. The molecule has 0 aliphatic heterocycles. The number of hydrogen-bond donors (Lipinski definition) is 0. The van der Waals surface area contributed by atoms with Gasteiger partial charge >= 0.3 is 0 Å². The minimum absolute atomic E-state index is 0.523. The molecule has 0 amide bonds. The number of anilines is 3. The third kappa shape index (κ3) is 5.72. The highest BCUT2D eigenvalue weighted by Gasteiger charge is 2.46. The summed E-state index contributed by atoms with van der Waals surface area (Å²) in [6.07, 6.45) is 0. The van der Waals surface area contributed by atoms with Crippen LogP contribution in [0, 0.1) is 0 Å². The fourth-order valence-electron chi connectivity index (χ4n) is 10.7. The molecule has 0 spiro atoms. The number of pyridine rings is 1. The van der Waals surface area contributed by atoms with Gasteiger partial charge in [0.05, 0.1) is 16.6 Å². The minimum Gasteiger partial charge on any atom is -0.455 e. The van der Waals surface area contributed by atoms with Gasteiger partial charge < -0.3 is 9.32 Å². The molecule has 0 saturated heterocycles. The molecule has 2 heterocycles. The fraction of sp³-hybridized carbons (Fsp3) is 0.0161. The zero-order valence-corrected chi connectivity index (χ0v) is 35.4. The third-order valence-corrected chi connectivity index (χ3v) is 13.5. The summed E-state index contributed by atoms with van der Waals surface area (Å²) in [5.41, 5.74) is 17.3. The van der Waals surface area contributed by atoms with Crippen LogP contribution in [0.3, 0.4) is 0 Å². The summed E-state index contributed by atoms with van der Waals surface area (Å²) in [5.74, 6) is 0. The van der Waals surface area contributed by atoms with Crippen LogP contribution in [0.5, 0.6) is 0 Å². The quantitative estimate of drug-likeness (QED) is 0.150. The second-order valence-corrected chi connectivity index (χ2v) is 17.0. The molecule has 0 radical (unpaired) electrons. The lowest BCUT2D eigenvalue weighted by Crippen LogP contribution is -2.28. The van der Waals surface area contributed by atoms with Crippen molar-refractivity contribution in [1.82, 2.24) is 4.98 Å². The van der Waals surface area contributed by atoms with E-state index in [9.17, 15) is 0 Å². The summed E-state index contributed by atoms with van der Waals surface area (Å²) in [4.78, 5) is 7.74. The van der Waals surface area contributed by atoms with Crippen LogP contribution in [-0.4, -0.2) is 4.98 Å². The molecule has 1 aliphatic rings. The molecule has 0 bridgehead atoms. The van der Waals surface area contributed by atoms with Gasteiger partial charge in [-0.05, 0) is 99.1 Å². The summed E-state index contributed by atoms with van der Waals surface area (Å²) in [6, 6.07) is 87.6. The smallest absolute Gasteiger partial charge is 0.144 e. The summed E-state index contributed by atoms with van der Waals surface area (Å²) < 4.78 is 6.64. The van der Waals surface area contributed by atoms with E-state index in [2.05, 4.69) is 235 Å². The van der Waals surface area contributed by atoms with Gasteiger partial charge in [0.1, 0.15) is 11.2 Å². The van der Waals surface area contributed by atoms with Gasteiger partial charge in [-0.25, -0.2) is 4.98 Å². The summed E-state index contributed by atoms with van der Waals surface area (Å²) in [6.45, 7) is 0. The molecule has 0 atom stereocenters. The molecule has 12 aromatic rings. The normalized spacial score (nSPS) is 12.7. The van der Waals surface area contributed by atoms with Crippen molar-refractivity contribution in [1.29, 1.82) is 0 Å². The van der Waals surface area contributed by atoms with E-state index in [0.717, 1.165) is 71.9 Å². The van der Waals surface area contributed by atoms with E-state index >= 15 is 0 Å². The van der Waals surface area contributed by atoms with Crippen molar-refractivity contribution in [3.63, 3.8) is 0 Å². The Labute approximate surface area is 377 Å². The lowest BCUT2D eigenvalue weighted by Gasteiger charge is -2.35. The molecule has 3 nitrogen and oxygen atoms in total. The van der Waals surface area contributed by atoms with Gasteiger partial charge in [-0.1, -0.05) is 188 Å². The van der Waals surface area contributed by atoms with E-state index < -0.39 is 5.41 Å². The molecule has 304 valence electrons. The Morgan fingerprint density at radius 1 is 0.369 bits per heavy atom. The lowest BCUT2D eigenvalue weighted by atomic mass is 9.67. The Balaban J connectivity index is 1.00. The van der Waals surface area contributed by atoms with Crippen LogP contribution in [-0.2, 0) is 5.41 Å². The van der Waals surface area contributed by atoms with E-state index in [1.165, 1.54) is 44.5 Å². The van der Waals surface area contributed by atoms with Crippen molar-refractivity contribution in [2.75, 3.05) is 4.90 Å². The average Bonchev–Trinajstić information content (AvgIpc) is 3.91. The second kappa shape index (κ2) is 14.8. The van der Waals surface area contributed by atoms with Crippen molar-refractivity contribution in [3.05, 3.63) is 265 Å². The van der Waals surface area contributed by atoms with Gasteiger partial charge in [0.2, 0.25) is 0 Å². The standard InChI is InChI=1S/C62H40N2O/c1-4-16-41(17-5-1)42-28-32-46(33-29-42)64(48-36-37-50-49-22-10-13-25-55(49)62(56(50)40-48,44-18-6-2-7-19-44)45-20-8-3-9-21-45)47-34-30-43(31-35-47)60-54-39-38-52-51-23-12-15-27-58(51)65-61(52)59(54)53-24-11-14-26-57(53)63-60/h1-40H. The zero-order chi connectivity index (χ0) is 42.9. The molecule has 10 aromatic carbocycles. The molecule has 1 aliphatic carbocycles. The van der Waals surface area contributed by atoms with E-state index in [1.54, 1.807) is 0 Å². The lowest BCUT2D eigenvalue weighted by molar-refractivity contribution is 0.673. The van der Waals surface area contributed by atoms with Gasteiger partial charge in [-0.2, -0.15) is 0 Å². The molecule has 65 heavy (non-hydrogen) atoms. The molecule has 0 N–H and O–H groups in total. The molecular weight excluding hydrogens is 789 g/mol. The topological polar surface area (TPSA) is 29.3 Å². The zero-order valence-electron chi connectivity index (χ0n) is 35.4. The molecule has 13 rings (SSSR count). The fourth-order valence-corrected chi connectivity index (χ4v) is 10.7. The molecule has 2 aromatic heterocycles. The highest BCUT2D eigenvalue weighted by atomic mass is 16.3. The van der Waals surface area contributed by atoms with Crippen LogP contribution in [0.2, 0.25) is 0 Å². The van der Waals surface area contributed by atoms with Crippen molar-refractivity contribution >= 4 is 60.7 Å². The average molecular weight is 829 g/mol. The van der Waals surface area contributed by atoms with Gasteiger partial charge in [0, 0.05) is 49.6 Å². The first-order valence-electron chi connectivity index (χ1n) is 22.3. The molecule has 0 fully saturated rings. The van der Waals surface area contributed by atoms with E-state index in [4.69, 9.17) is 9.40 Å². The Hall–Kier alpha value is -8.53.